The fourth-order valence-corrected chi connectivity index (χ4v) is 3.70. The zero-order valence-corrected chi connectivity index (χ0v) is 18.3. The second-order valence-electron chi connectivity index (χ2n) is 7.52. The van der Waals surface area contributed by atoms with Crippen molar-refractivity contribution in [3.05, 3.63) is 52.9 Å². The van der Waals surface area contributed by atoms with Crippen LogP contribution in [0.4, 0.5) is 5.69 Å². The standard InChI is InChI=1S/C22H18ClN5O5/c1-12-2-4-15(14(23)8-12)24-19(29)10-28-20(30)7-5-16(26-28)22-25-21(27-33-22)13-3-6-17-18(9-13)32-11-31-17/h2-4,6,8-9H,5,7,10-11H2,1H3,(H,24,29). The molecule has 0 saturated heterocycles. The number of carbonyl (C=O) groups is 2. The largest absolute Gasteiger partial charge is 0.454 e. The first-order valence-electron chi connectivity index (χ1n) is 10.1. The van der Waals surface area contributed by atoms with Gasteiger partial charge in [0.05, 0.1) is 10.7 Å². The molecule has 3 aromatic rings. The predicted molar refractivity (Wildman–Crippen MR) is 118 cm³/mol. The Labute approximate surface area is 193 Å². The first-order valence-corrected chi connectivity index (χ1v) is 10.5. The van der Waals surface area contributed by atoms with Crippen molar-refractivity contribution >= 4 is 34.8 Å². The number of carbonyl (C=O) groups excluding carboxylic acids is 2. The molecule has 3 heterocycles. The molecule has 2 aliphatic rings. The molecule has 11 heteroatoms. The van der Waals surface area contributed by atoms with Crippen molar-refractivity contribution < 1.29 is 23.6 Å². The molecular formula is C22H18ClN5O5. The molecule has 0 saturated carbocycles. The lowest BCUT2D eigenvalue weighted by atomic mass is 10.1. The third-order valence-corrected chi connectivity index (χ3v) is 5.41. The Morgan fingerprint density at radius 1 is 1.15 bits per heavy atom. The highest BCUT2D eigenvalue weighted by Crippen LogP contribution is 2.35. The Bertz CT molecular complexity index is 1290. The van der Waals surface area contributed by atoms with Gasteiger partial charge in [0.1, 0.15) is 12.3 Å². The monoisotopic (exact) mass is 467 g/mol. The molecule has 10 nitrogen and oxygen atoms in total. The molecule has 0 atom stereocenters. The van der Waals surface area contributed by atoms with Crippen molar-refractivity contribution in [2.24, 2.45) is 5.10 Å². The molecule has 0 spiro atoms. The van der Waals surface area contributed by atoms with Gasteiger partial charge in [-0.1, -0.05) is 22.8 Å². The van der Waals surface area contributed by atoms with Crippen LogP contribution in [0.1, 0.15) is 24.3 Å². The maximum Gasteiger partial charge on any atom is 0.274 e. The average molecular weight is 468 g/mol. The van der Waals surface area contributed by atoms with Gasteiger partial charge in [0.15, 0.2) is 11.5 Å². The summed E-state index contributed by atoms with van der Waals surface area (Å²) in [6.07, 6.45) is 0.489. The van der Waals surface area contributed by atoms with Crippen LogP contribution < -0.4 is 14.8 Å². The maximum absolute atomic E-state index is 12.5. The van der Waals surface area contributed by atoms with Gasteiger partial charge in [0.2, 0.25) is 24.4 Å². The molecular weight excluding hydrogens is 450 g/mol. The molecule has 2 amide bonds. The summed E-state index contributed by atoms with van der Waals surface area (Å²) < 4.78 is 16.1. The molecule has 33 heavy (non-hydrogen) atoms. The van der Waals surface area contributed by atoms with E-state index in [9.17, 15) is 9.59 Å². The van der Waals surface area contributed by atoms with Crippen molar-refractivity contribution in [3.8, 4) is 22.9 Å². The van der Waals surface area contributed by atoms with E-state index in [0.29, 0.717) is 45.7 Å². The van der Waals surface area contributed by atoms with E-state index in [2.05, 4.69) is 20.6 Å². The van der Waals surface area contributed by atoms with Gasteiger partial charge in [-0.05, 0) is 42.8 Å². The van der Waals surface area contributed by atoms with Crippen molar-refractivity contribution in [2.75, 3.05) is 18.7 Å². The van der Waals surface area contributed by atoms with Gasteiger partial charge in [-0.25, -0.2) is 5.01 Å². The lowest BCUT2D eigenvalue weighted by molar-refractivity contribution is -0.135. The van der Waals surface area contributed by atoms with Crippen LogP contribution in [0.15, 0.2) is 46.0 Å². The molecule has 0 radical (unpaired) electrons. The van der Waals surface area contributed by atoms with Crippen LogP contribution in [0, 0.1) is 6.92 Å². The van der Waals surface area contributed by atoms with Crippen LogP contribution in [0.2, 0.25) is 5.02 Å². The third-order valence-electron chi connectivity index (χ3n) is 5.10. The Morgan fingerprint density at radius 3 is 2.85 bits per heavy atom. The lowest BCUT2D eigenvalue weighted by Crippen LogP contribution is -2.38. The number of rotatable bonds is 5. The first-order chi connectivity index (χ1) is 16.0. The minimum Gasteiger partial charge on any atom is -0.454 e. The number of nitrogens with one attached hydrogen (secondary N) is 1. The number of anilines is 1. The van der Waals surface area contributed by atoms with Crippen LogP contribution in [-0.2, 0) is 9.59 Å². The number of hydrogen-bond acceptors (Lipinski definition) is 8. The highest BCUT2D eigenvalue weighted by atomic mass is 35.5. The van der Waals surface area contributed by atoms with Gasteiger partial charge >= 0.3 is 0 Å². The SMILES string of the molecule is Cc1ccc(NC(=O)CN2N=C(c3nc(-c4ccc5c(c4)OCO5)no3)CCC2=O)c(Cl)c1. The molecule has 5 rings (SSSR count). The van der Waals surface area contributed by atoms with E-state index in [4.69, 9.17) is 25.6 Å². The summed E-state index contributed by atoms with van der Waals surface area (Å²) in [5.41, 5.74) is 2.55. The smallest absolute Gasteiger partial charge is 0.274 e. The van der Waals surface area contributed by atoms with Gasteiger partial charge in [-0.2, -0.15) is 10.1 Å². The van der Waals surface area contributed by atoms with Crippen molar-refractivity contribution in [3.63, 3.8) is 0 Å². The normalized spacial score (nSPS) is 14.9. The Hall–Kier alpha value is -3.92. The second kappa shape index (κ2) is 8.55. The average Bonchev–Trinajstić information content (AvgIpc) is 3.46. The van der Waals surface area contributed by atoms with E-state index in [0.717, 1.165) is 10.6 Å². The lowest BCUT2D eigenvalue weighted by Gasteiger charge is -2.21. The van der Waals surface area contributed by atoms with Crippen LogP contribution in [0.3, 0.4) is 0 Å². The van der Waals surface area contributed by atoms with E-state index < -0.39 is 5.91 Å². The fourth-order valence-electron chi connectivity index (χ4n) is 3.42. The minimum atomic E-state index is -0.425. The number of hydrazone groups is 1. The number of amides is 2. The number of halogens is 1. The highest BCUT2D eigenvalue weighted by molar-refractivity contribution is 6.33. The van der Waals surface area contributed by atoms with Crippen LogP contribution in [0.25, 0.3) is 11.4 Å². The molecule has 1 N–H and O–H groups in total. The van der Waals surface area contributed by atoms with Crippen LogP contribution >= 0.6 is 11.6 Å². The van der Waals surface area contributed by atoms with Crippen molar-refractivity contribution in [1.29, 1.82) is 0 Å². The minimum absolute atomic E-state index is 0.166. The van der Waals surface area contributed by atoms with Gasteiger partial charge in [0, 0.05) is 18.4 Å². The number of nitrogens with zero attached hydrogens (tertiary/aromatic N) is 4. The summed E-state index contributed by atoms with van der Waals surface area (Å²) >= 11 is 6.17. The zero-order chi connectivity index (χ0) is 22.9. The van der Waals surface area contributed by atoms with E-state index in [1.54, 1.807) is 30.3 Å². The summed E-state index contributed by atoms with van der Waals surface area (Å²) in [7, 11) is 0. The van der Waals surface area contributed by atoms with E-state index in [-0.39, 0.29) is 31.6 Å². The Balaban J connectivity index is 1.31. The van der Waals surface area contributed by atoms with Crippen molar-refractivity contribution in [1.82, 2.24) is 15.1 Å². The van der Waals surface area contributed by atoms with Crippen LogP contribution in [0.5, 0.6) is 11.5 Å². The number of benzene rings is 2. The summed E-state index contributed by atoms with van der Waals surface area (Å²) in [6, 6.07) is 10.6. The van der Waals surface area contributed by atoms with E-state index in [1.165, 1.54) is 0 Å². The van der Waals surface area contributed by atoms with E-state index in [1.807, 2.05) is 13.0 Å². The van der Waals surface area contributed by atoms with Gasteiger partial charge < -0.3 is 19.3 Å². The van der Waals surface area contributed by atoms with Gasteiger partial charge in [-0.3, -0.25) is 9.59 Å². The fraction of sp³-hybridized carbons (Fsp3) is 0.227. The highest BCUT2D eigenvalue weighted by Gasteiger charge is 2.27. The summed E-state index contributed by atoms with van der Waals surface area (Å²) in [6.45, 7) is 1.80. The number of hydrogen-bond donors (Lipinski definition) is 1. The number of aromatic nitrogens is 2. The zero-order valence-electron chi connectivity index (χ0n) is 17.5. The topological polar surface area (TPSA) is 119 Å². The number of aryl methyl sites for hydroxylation is 1. The molecule has 0 fully saturated rings. The molecule has 168 valence electrons. The summed E-state index contributed by atoms with van der Waals surface area (Å²) in [4.78, 5) is 29.2. The van der Waals surface area contributed by atoms with Crippen molar-refractivity contribution in [2.45, 2.75) is 19.8 Å². The molecule has 2 aromatic carbocycles. The van der Waals surface area contributed by atoms with Crippen LogP contribution in [-0.4, -0.2) is 46.0 Å². The Morgan fingerprint density at radius 2 is 2.00 bits per heavy atom. The summed E-state index contributed by atoms with van der Waals surface area (Å²) in [5, 5.41) is 12.5. The molecule has 1 aromatic heterocycles. The first kappa shape index (κ1) is 21.0. The second-order valence-corrected chi connectivity index (χ2v) is 7.93. The molecule has 0 bridgehead atoms. The molecule has 2 aliphatic heterocycles. The number of ether oxygens (including phenoxy) is 2. The molecule has 0 unspecified atom stereocenters. The molecule has 0 aliphatic carbocycles. The van der Waals surface area contributed by atoms with E-state index >= 15 is 0 Å². The third kappa shape index (κ3) is 4.37. The number of fused-ring (bicyclic) bond motifs is 1. The Kier molecular flexibility index (Phi) is 5.43. The predicted octanol–water partition coefficient (Wildman–Crippen LogP) is 3.39. The summed E-state index contributed by atoms with van der Waals surface area (Å²) in [5.74, 6) is 1.08. The van der Waals surface area contributed by atoms with Gasteiger partial charge in [-0.15, -0.1) is 0 Å². The van der Waals surface area contributed by atoms with Gasteiger partial charge in [0.25, 0.3) is 5.89 Å². The maximum atomic E-state index is 12.5. The quantitative estimate of drug-likeness (QED) is 0.610.